The maximum Gasteiger partial charge on any atom is 0.257 e. The van der Waals surface area contributed by atoms with Gasteiger partial charge < -0.3 is 14.0 Å². The summed E-state index contributed by atoms with van der Waals surface area (Å²) in [5.74, 6) is 2.93. The highest BCUT2D eigenvalue weighted by molar-refractivity contribution is 5.54. The van der Waals surface area contributed by atoms with Crippen LogP contribution in [0.25, 0.3) is 11.5 Å². The lowest BCUT2D eigenvalue weighted by Gasteiger charge is -2.23. The molecule has 0 bridgehead atoms. The van der Waals surface area contributed by atoms with Crippen LogP contribution in [0.1, 0.15) is 30.3 Å². The smallest absolute Gasteiger partial charge is 0.257 e. The molecule has 1 aliphatic heterocycles. The highest BCUT2D eigenvalue weighted by Crippen LogP contribution is 2.33. The Morgan fingerprint density at radius 1 is 1.00 bits per heavy atom. The molecule has 0 radical (unpaired) electrons. The van der Waals surface area contributed by atoms with Gasteiger partial charge in [-0.2, -0.15) is 4.98 Å². The minimum absolute atomic E-state index is 0.374. The summed E-state index contributed by atoms with van der Waals surface area (Å²) in [5.41, 5.74) is 2.19. The third-order valence-corrected chi connectivity index (χ3v) is 5.01. The van der Waals surface area contributed by atoms with Crippen molar-refractivity contribution in [3.63, 3.8) is 0 Å². The highest BCUT2D eigenvalue weighted by atomic mass is 16.5. The van der Waals surface area contributed by atoms with Gasteiger partial charge in [-0.25, -0.2) is 0 Å². The maximum atomic E-state index is 5.46. The van der Waals surface area contributed by atoms with Crippen molar-refractivity contribution >= 4 is 0 Å². The molecule has 1 fully saturated rings. The molecule has 0 amide bonds. The number of hydrogen-bond donors (Lipinski definition) is 0. The van der Waals surface area contributed by atoms with Gasteiger partial charge in [0.15, 0.2) is 5.82 Å². The van der Waals surface area contributed by atoms with Crippen LogP contribution in [0.15, 0.2) is 53.1 Å². The quantitative estimate of drug-likeness (QED) is 0.656. The molecule has 1 aliphatic rings. The van der Waals surface area contributed by atoms with Crippen molar-refractivity contribution in [2.45, 2.75) is 25.4 Å². The van der Waals surface area contributed by atoms with E-state index >= 15 is 0 Å². The SMILES string of the molecule is COc1ccc(-c2nc(CN3CCCC3c3ccc(OC)cc3)no2)cc1. The van der Waals surface area contributed by atoms with Crippen LogP contribution in [0.2, 0.25) is 0 Å². The Bertz CT molecular complexity index is 874. The average molecular weight is 365 g/mol. The molecule has 0 saturated carbocycles. The standard InChI is InChI=1S/C21H23N3O3/c1-25-17-9-5-15(6-10-17)19-4-3-13-24(19)14-20-22-21(27-23-20)16-7-11-18(26-2)12-8-16/h5-12,19H,3-4,13-14H2,1-2H3. The van der Waals surface area contributed by atoms with E-state index in [-0.39, 0.29) is 0 Å². The first kappa shape index (κ1) is 17.5. The van der Waals surface area contributed by atoms with Crippen molar-refractivity contribution in [3.8, 4) is 23.0 Å². The number of aromatic nitrogens is 2. The molecule has 4 rings (SSSR count). The molecular formula is C21H23N3O3. The highest BCUT2D eigenvalue weighted by Gasteiger charge is 2.27. The summed E-state index contributed by atoms with van der Waals surface area (Å²) in [4.78, 5) is 6.98. The Hall–Kier alpha value is -2.86. The minimum atomic E-state index is 0.374. The number of hydrogen-bond acceptors (Lipinski definition) is 6. The maximum absolute atomic E-state index is 5.46. The van der Waals surface area contributed by atoms with Gasteiger partial charge in [0.1, 0.15) is 11.5 Å². The summed E-state index contributed by atoms with van der Waals surface area (Å²) in [7, 11) is 3.34. The second-order valence-corrected chi connectivity index (χ2v) is 6.65. The fourth-order valence-corrected chi connectivity index (χ4v) is 3.57. The Morgan fingerprint density at radius 3 is 2.33 bits per heavy atom. The molecule has 1 aromatic heterocycles. The summed E-state index contributed by atoms with van der Waals surface area (Å²) in [6, 6.07) is 16.3. The molecule has 0 spiro atoms. The van der Waals surface area contributed by atoms with Crippen LogP contribution < -0.4 is 9.47 Å². The molecular weight excluding hydrogens is 342 g/mol. The lowest BCUT2D eigenvalue weighted by atomic mass is 10.0. The average Bonchev–Trinajstić information content (AvgIpc) is 3.38. The summed E-state index contributed by atoms with van der Waals surface area (Å²) in [5, 5.41) is 4.18. The van der Waals surface area contributed by atoms with E-state index < -0.39 is 0 Å². The molecule has 140 valence electrons. The lowest BCUT2D eigenvalue weighted by Crippen LogP contribution is -2.23. The molecule has 2 heterocycles. The summed E-state index contributed by atoms with van der Waals surface area (Å²) >= 11 is 0. The van der Waals surface area contributed by atoms with Gasteiger partial charge in [0.05, 0.1) is 20.8 Å². The predicted octanol–water partition coefficient (Wildman–Crippen LogP) is 4.09. The first-order chi connectivity index (χ1) is 13.3. The lowest BCUT2D eigenvalue weighted by molar-refractivity contribution is 0.238. The van der Waals surface area contributed by atoms with E-state index in [2.05, 4.69) is 27.2 Å². The number of rotatable bonds is 6. The van der Waals surface area contributed by atoms with Crippen LogP contribution in [-0.4, -0.2) is 35.8 Å². The van der Waals surface area contributed by atoms with Crippen LogP contribution in [0.3, 0.4) is 0 Å². The fraction of sp³-hybridized carbons (Fsp3) is 0.333. The van der Waals surface area contributed by atoms with E-state index in [1.54, 1.807) is 14.2 Å². The molecule has 0 N–H and O–H groups in total. The molecule has 1 saturated heterocycles. The first-order valence-corrected chi connectivity index (χ1v) is 9.12. The predicted molar refractivity (Wildman–Crippen MR) is 102 cm³/mol. The van der Waals surface area contributed by atoms with Crippen molar-refractivity contribution in [2.75, 3.05) is 20.8 Å². The topological polar surface area (TPSA) is 60.6 Å². The van der Waals surface area contributed by atoms with E-state index in [1.165, 1.54) is 12.0 Å². The van der Waals surface area contributed by atoms with Gasteiger partial charge in [0.2, 0.25) is 0 Å². The van der Waals surface area contributed by atoms with Crippen molar-refractivity contribution in [2.24, 2.45) is 0 Å². The zero-order valence-electron chi connectivity index (χ0n) is 15.6. The molecule has 1 atom stereocenters. The Balaban J connectivity index is 1.47. The van der Waals surface area contributed by atoms with E-state index in [1.807, 2.05) is 36.4 Å². The van der Waals surface area contributed by atoms with E-state index in [0.29, 0.717) is 24.3 Å². The number of likely N-dealkylation sites (tertiary alicyclic amines) is 1. The van der Waals surface area contributed by atoms with E-state index in [0.717, 1.165) is 30.0 Å². The Labute approximate surface area is 158 Å². The minimum Gasteiger partial charge on any atom is -0.497 e. The number of ether oxygens (including phenoxy) is 2. The molecule has 27 heavy (non-hydrogen) atoms. The Kier molecular flexibility index (Phi) is 5.07. The van der Waals surface area contributed by atoms with Crippen LogP contribution in [0.4, 0.5) is 0 Å². The van der Waals surface area contributed by atoms with E-state index in [9.17, 15) is 0 Å². The van der Waals surface area contributed by atoms with Gasteiger partial charge in [-0.3, -0.25) is 4.90 Å². The van der Waals surface area contributed by atoms with Crippen LogP contribution in [0, 0.1) is 0 Å². The second-order valence-electron chi connectivity index (χ2n) is 6.65. The van der Waals surface area contributed by atoms with Gasteiger partial charge in [-0.15, -0.1) is 0 Å². The Morgan fingerprint density at radius 2 is 1.67 bits per heavy atom. The zero-order chi connectivity index (χ0) is 18.6. The van der Waals surface area contributed by atoms with Gasteiger partial charge in [-0.05, 0) is 61.3 Å². The normalized spacial score (nSPS) is 17.2. The molecule has 0 aliphatic carbocycles. The number of nitrogens with zero attached hydrogens (tertiary/aromatic N) is 3. The third-order valence-electron chi connectivity index (χ3n) is 5.01. The summed E-state index contributed by atoms with van der Waals surface area (Å²) in [6.07, 6.45) is 2.30. The first-order valence-electron chi connectivity index (χ1n) is 9.12. The van der Waals surface area contributed by atoms with Crippen LogP contribution in [-0.2, 0) is 6.54 Å². The molecule has 6 heteroatoms. The van der Waals surface area contributed by atoms with Gasteiger partial charge >= 0.3 is 0 Å². The fourth-order valence-electron chi connectivity index (χ4n) is 3.57. The van der Waals surface area contributed by atoms with Crippen molar-refractivity contribution < 1.29 is 14.0 Å². The monoisotopic (exact) mass is 365 g/mol. The number of methoxy groups -OCH3 is 2. The van der Waals surface area contributed by atoms with Gasteiger partial charge in [0, 0.05) is 11.6 Å². The number of benzene rings is 2. The van der Waals surface area contributed by atoms with Crippen molar-refractivity contribution in [1.82, 2.24) is 15.0 Å². The third kappa shape index (κ3) is 3.80. The van der Waals surface area contributed by atoms with Gasteiger partial charge in [-0.1, -0.05) is 17.3 Å². The zero-order valence-corrected chi connectivity index (χ0v) is 15.6. The van der Waals surface area contributed by atoms with Crippen LogP contribution in [0.5, 0.6) is 11.5 Å². The molecule has 1 unspecified atom stereocenters. The van der Waals surface area contributed by atoms with Crippen LogP contribution >= 0.6 is 0 Å². The molecule has 6 nitrogen and oxygen atoms in total. The van der Waals surface area contributed by atoms with E-state index in [4.69, 9.17) is 14.0 Å². The second kappa shape index (κ2) is 7.80. The molecule has 3 aromatic rings. The van der Waals surface area contributed by atoms with Crippen molar-refractivity contribution in [3.05, 3.63) is 59.9 Å². The van der Waals surface area contributed by atoms with Crippen molar-refractivity contribution in [1.29, 1.82) is 0 Å². The largest absolute Gasteiger partial charge is 0.497 e. The summed E-state index contributed by atoms with van der Waals surface area (Å²) < 4.78 is 15.9. The summed E-state index contributed by atoms with van der Waals surface area (Å²) in [6.45, 7) is 1.71. The molecule has 2 aromatic carbocycles. The van der Waals surface area contributed by atoms with Gasteiger partial charge in [0.25, 0.3) is 5.89 Å².